The molecule has 2 heterocycles. The molecule has 0 aliphatic carbocycles. The fourth-order valence-electron chi connectivity index (χ4n) is 3.65. The zero-order valence-electron chi connectivity index (χ0n) is 18.1. The lowest BCUT2D eigenvalue weighted by atomic mass is 9.96. The SMILES string of the molecule is CCOC(=O)C1=C(C)N=c2s/c(=C\c3cc(OC)ccc3Br)c(=O)n2[C@@H]1c1ccc(Cl)cc1. The van der Waals surface area contributed by atoms with Crippen LogP contribution in [-0.2, 0) is 9.53 Å². The monoisotopic (exact) mass is 546 g/mol. The van der Waals surface area contributed by atoms with Crippen LogP contribution in [0.3, 0.4) is 0 Å². The summed E-state index contributed by atoms with van der Waals surface area (Å²) < 4.78 is 13.5. The Hall–Kier alpha value is -2.68. The fraction of sp³-hybridized carbons (Fsp3) is 0.208. The predicted molar refractivity (Wildman–Crippen MR) is 133 cm³/mol. The van der Waals surface area contributed by atoms with Crippen LogP contribution in [0.4, 0.5) is 0 Å². The van der Waals surface area contributed by atoms with Gasteiger partial charge in [-0.1, -0.05) is 51.0 Å². The summed E-state index contributed by atoms with van der Waals surface area (Å²) in [5.41, 5.74) is 2.14. The van der Waals surface area contributed by atoms with Crippen LogP contribution >= 0.6 is 38.9 Å². The number of allylic oxidation sites excluding steroid dienone is 1. The Morgan fingerprint density at radius 2 is 2.00 bits per heavy atom. The summed E-state index contributed by atoms with van der Waals surface area (Å²) in [5.74, 6) is 0.181. The van der Waals surface area contributed by atoms with Crippen molar-refractivity contribution in [3.05, 3.63) is 94.0 Å². The molecule has 0 amide bonds. The van der Waals surface area contributed by atoms with Gasteiger partial charge in [-0.2, -0.15) is 0 Å². The van der Waals surface area contributed by atoms with E-state index in [-0.39, 0.29) is 12.2 Å². The van der Waals surface area contributed by atoms with Crippen molar-refractivity contribution < 1.29 is 14.3 Å². The Morgan fingerprint density at radius 1 is 1.27 bits per heavy atom. The number of hydrogen-bond acceptors (Lipinski definition) is 6. The average molecular weight is 548 g/mol. The van der Waals surface area contributed by atoms with Crippen LogP contribution in [0, 0.1) is 0 Å². The number of aromatic nitrogens is 1. The quantitative estimate of drug-likeness (QED) is 0.449. The van der Waals surface area contributed by atoms with Gasteiger partial charge in [0.25, 0.3) is 5.56 Å². The summed E-state index contributed by atoms with van der Waals surface area (Å²) >= 11 is 10.9. The fourth-order valence-corrected chi connectivity index (χ4v) is 5.18. The van der Waals surface area contributed by atoms with Crippen molar-refractivity contribution in [2.75, 3.05) is 13.7 Å². The van der Waals surface area contributed by atoms with E-state index in [2.05, 4.69) is 20.9 Å². The van der Waals surface area contributed by atoms with Crippen LogP contribution in [0.1, 0.15) is 31.0 Å². The lowest BCUT2D eigenvalue weighted by Crippen LogP contribution is -2.39. The number of benzene rings is 2. The van der Waals surface area contributed by atoms with Crippen molar-refractivity contribution >= 4 is 50.9 Å². The molecule has 0 N–H and O–H groups in total. The Bertz CT molecular complexity index is 1440. The zero-order valence-corrected chi connectivity index (χ0v) is 21.3. The van der Waals surface area contributed by atoms with E-state index >= 15 is 0 Å². The standard InChI is InChI=1S/C24H20BrClN2O4S/c1-4-32-23(30)20-13(2)27-24-28(21(20)14-5-7-16(26)8-6-14)22(29)19(33-24)12-15-11-17(31-3)9-10-18(15)25/h5-12,21H,4H2,1-3H3/b19-12-/t21-/m1/s1. The molecule has 1 aliphatic heterocycles. The molecule has 0 spiro atoms. The van der Waals surface area contributed by atoms with Gasteiger partial charge in [-0.25, -0.2) is 9.79 Å². The average Bonchev–Trinajstić information content (AvgIpc) is 3.09. The van der Waals surface area contributed by atoms with Crippen molar-refractivity contribution in [3.8, 4) is 5.75 Å². The molecule has 4 rings (SSSR count). The number of nitrogens with zero attached hydrogens (tertiary/aromatic N) is 2. The van der Waals surface area contributed by atoms with Crippen LogP contribution in [0.25, 0.3) is 6.08 Å². The van der Waals surface area contributed by atoms with E-state index in [9.17, 15) is 9.59 Å². The van der Waals surface area contributed by atoms with Gasteiger partial charge in [0.1, 0.15) is 5.75 Å². The molecule has 2 aromatic carbocycles. The Labute approximate surface area is 207 Å². The smallest absolute Gasteiger partial charge is 0.338 e. The van der Waals surface area contributed by atoms with Gasteiger partial charge in [0, 0.05) is 9.50 Å². The molecule has 9 heteroatoms. The van der Waals surface area contributed by atoms with Gasteiger partial charge >= 0.3 is 5.97 Å². The minimum Gasteiger partial charge on any atom is -0.497 e. The van der Waals surface area contributed by atoms with Crippen LogP contribution in [-0.4, -0.2) is 24.3 Å². The molecule has 0 unspecified atom stereocenters. The van der Waals surface area contributed by atoms with Gasteiger partial charge in [0.05, 0.1) is 35.6 Å². The summed E-state index contributed by atoms with van der Waals surface area (Å²) in [6.07, 6.45) is 1.79. The van der Waals surface area contributed by atoms with E-state index in [1.807, 2.05) is 18.2 Å². The second-order valence-electron chi connectivity index (χ2n) is 7.24. The molecule has 0 bridgehead atoms. The molecule has 1 atom stereocenters. The Morgan fingerprint density at radius 3 is 2.67 bits per heavy atom. The van der Waals surface area contributed by atoms with E-state index in [0.717, 1.165) is 15.6 Å². The molecule has 33 heavy (non-hydrogen) atoms. The number of esters is 1. The van der Waals surface area contributed by atoms with Crippen LogP contribution < -0.4 is 19.6 Å². The minimum absolute atomic E-state index is 0.219. The first-order valence-electron chi connectivity index (χ1n) is 10.1. The molecule has 170 valence electrons. The summed E-state index contributed by atoms with van der Waals surface area (Å²) in [6.45, 7) is 3.72. The normalized spacial score (nSPS) is 15.8. The number of ether oxygens (including phenoxy) is 2. The highest BCUT2D eigenvalue weighted by molar-refractivity contribution is 9.10. The van der Waals surface area contributed by atoms with Gasteiger partial charge in [0.2, 0.25) is 0 Å². The van der Waals surface area contributed by atoms with Gasteiger partial charge in [0.15, 0.2) is 4.80 Å². The van der Waals surface area contributed by atoms with Crippen molar-refractivity contribution in [2.24, 2.45) is 4.99 Å². The summed E-state index contributed by atoms with van der Waals surface area (Å²) in [5, 5.41) is 0.562. The molecule has 0 saturated carbocycles. The van der Waals surface area contributed by atoms with E-state index in [4.69, 9.17) is 21.1 Å². The number of rotatable bonds is 5. The first-order valence-corrected chi connectivity index (χ1v) is 12.1. The highest BCUT2D eigenvalue weighted by atomic mass is 79.9. The number of carbonyl (C=O) groups is 1. The summed E-state index contributed by atoms with van der Waals surface area (Å²) in [7, 11) is 1.59. The van der Waals surface area contributed by atoms with Crippen LogP contribution in [0.5, 0.6) is 5.75 Å². The number of thiazole rings is 1. The lowest BCUT2D eigenvalue weighted by Gasteiger charge is -2.24. The molecule has 6 nitrogen and oxygen atoms in total. The second kappa shape index (κ2) is 9.67. The maximum Gasteiger partial charge on any atom is 0.338 e. The number of halogens is 2. The second-order valence-corrected chi connectivity index (χ2v) is 9.54. The number of carbonyl (C=O) groups excluding carboxylic acids is 1. The van der Waals surface area contributed by atoms with E-state index in [1.165, 1.54) is 11.3 Å². The first-order chi connectivity index (χ1) is 15.8. The molecule has 1 aliphatic rings. The van der Waals surface area contributed by atoms with Gasteiger partial charge in [-0.3, -0.25) is 9.36 Å². The number of methoxy groups -OCH3 is 1. The third-order valence-electron chi connectivity index (χ3n) is 5.19. The Balaban J connectivity index is 1.96. The maximum atomic E-state index is 13.6. The van der Waals surface area contributed by atoms with E-state index in [0.29, 0.717) is 31.4 Å². The van der Waals surface area contributed by atoms with Gasteiger partial charge in [-0.15, -0.1) is 0 Å². The highest BCUT2D eigenvalue weighted by Crippen LogP contribution is 2.31. The third-order valence-corrected chi connectivity index (χ3v) is 7.15. The first kappa shape index (κ1) is 23.5. The van der Waals surface area contributed by atoms with Crippen LogP contribution in [0.2, 0.25) is 5.02 Å². The molecule has 0 saturated heterocycles. The zero-order chi connectivity index (χ0) is 23.7. The van der Waals surface area contributed by atoms with E-state index < -0.39 is 12.0 Å². The molecular formula is C24H20BrClN2O4S. The molecule has 3 aromatic rings. The third kappa shape index (κ3) is 4.55. The molecule has 1 aromatic heterocycles. The number of fused-ring (bicyclic) bond motifs is 1. The largest absolute Gasteiger partial charge is 0.497 e. The van der Waals surface area contributed by atoms with Gasteiger partial charge in [-0.05, 0) is 61.4 Å². The minimum atomic E-state index is -0.673. The molecular weight excluding hydrogens is 528 g/mol. The number of hydrogen-bond donors (Lipinski definition) is 0. The van der Waals surface area contributed by atoms with Gasteiger partial charge < -0.3 is 9.47 Å². The molecule has 0 radical (unpaired) electrons. The Kier molecular flexibility index (Phi) is 6.88. The van der Waals surface area contributed by atoms with Crippen molar-refractivity contribution in [1.82, 2.24) is 4.57 Å². The predicted octanol–water partition coefficient (Wildman–Crippen LogP) is 4.22. The molecule has 0 fully saturated rings. The summed E-state index contributed by atoms with van der Waals surface area (Å²) in [6, 6.07) is 11.9. The van der Waals surface area contributed by atoms with Crippen molar-refractivity contribution in [2.45, 2.75) is 19.9 Å². The lowest BCUT2D eigenvalue weighted by molar-refractivity contribution is -0.139. The summed E-state index contributed by atoms with van der Waals surface area (Å²) in [4.78, 5) is 31.6. The van der Waals surface area contributed by atoms with E-state index in [1.54, 1.807) is 55.9 Å². The van der Waals surface area contributed by atoms with Crippen LogP contribution in [0.15, 0.2) is 68.0 Å². The van der Waals surface area contributed by atoms with Crippen molar-refractivity contribution in [3.63, 3.8) is 0 Å². The maximum absolute atomic E-state index is 13.6. The topological polar surface area (TPSA) is 69.9 Å². The van der Waals surface area contributed by atoms with Crippen molar-refractivity contribution in [1.29, 1.82) is 0 Å². The highest BCUT2D eigenvalue weighted by Gasteiger charge is 2.33.